The Hall–Kier alpha value is -2.35. The zero-order chi connectivity index (χ0) is 13.8. The summed E-state index contributed by atoms with van der Waals surface area (Å²) in [5.41, 5.74) is 5.09. The van der Waals surface area contributed by atoms with Gasteiger partial charge >= 0.3 is 0 Å². The molecule has 0 spiro atoms. The summed E-state index contributed by atoms with van der Waals surface area (Å²) in [5, 5.41) is 0. The van der Waals surface area contributed by atoms with Gasteiger partial charge in [0.25, 0.3) is 0 Å². The summed E-state index contributed by atoms with van der Waals surface area (Å²) in [6, 6.07) is 18.9. The molecule has 0 saturated heterocycles. The third kappa shape index (κ3) is 2.97. The molecule has 2 nitrogen and oxygen atoms in total. The smallest absolute Gasteiger partial charge is 0.0952 e. The molecule has 1 aromatic heterocycles. The van der Waals surface area contributed by atoms with Gasteiger partial charge in [-0.1, -0.05) is 54.6 Å². The van der Waals surface area contributed by atoms with E-state index < -0.39 is 0 Å². The fraction of sp³-hybridized carbons (Fsp3) is 0.167. The van der Waals surface area contributed by atoms with Gasteiger partial charge in [-0.15, -0.1) is 0 Å². The third-order valence-electron chi connectivity index (χ3n) is 3.53. The Morgan fingerprint density at radius 1 is 0.950 bits per heavy atom. The van der Waals surface area contributed by atoms with Crippen LogP contribution in [0.5, 0.6) is 0 Å². The summed E-state index contributed by atoms with van der Waals surface area (Å²) < 4.78 is 2.14. The number of hydrogen-bond donors (Lipinski definition) is 0. The highest BCUT2D eigenvalue weighted by Crippen LogP contribution is 2.12. The van der Waals surface area contributed by atoms with Gasteiger partial charge in [0.2, 0.25) is 0 Å². The van der Waals surface area contributed by atoms with Crippen LogP contribution in [0.1, 0.15) is 22.4 Å². The first kappa shape index (κ1) is 12.7. The molecule has 3 rings (SSSR count). The molecule has 1 heterocycles. The normalized spacial score (nSPS) is 10.7. The third-order valence-corrected chi connectivity index (χ3v) is 3.53. The molecule has 0 fully saturated rings. The van der Waals surface area contributed by atoms with Crippen LogP contribution in [0.3, 0.4) is 0 Å². The van der Waals surface area contributed by atoms with E-state index in [2.05, 4.69) is 71.2 Å². The van der Waals surface area contributed by atoms with Gasteiger partial charge in [0.1, 0.15) is 0 Å². The average molecular weight is 262 g/mol. The van der Waals surface area contributed by atoms with E-state index in [0.717, 1.165) is 18.7 Å². The number of nitrogens with zero attached hydrogens (tertiary/aromatic N) is 2. The maximum absolute atomic E-state index is 4.51. The molecule has 100 valence electrons. The summed E-state index contributed by atoms with van der Waals surface area (Å²) in [6.07, 6.45) is 4.95. The summed E-state index contributed by atoms with van der Waals surface area (Å²) in [7, 11) is 0. The van der Waals surface area contributed by atoms with Crippen molar-refractivity contribution in [3.63, 3.8) is 0 Å². The second-order valence-electron chi connectivity index (χ2n) is 5.13. The molecule has 0 atom stereocenters. The predicted octanol–water partition coefficient (Wildman–Crippen LogP) is 3.83. The van der Waals surface area contributed by atoms with Gasteiger partial charge in [0, 0.05) is 19.2 Å². The molecular formula is C18H18N2. The van der Waals surface area contributed by atoms with Crippen LogP contribution in [0, 0.1) is 6.92 Å². The van der Waals surface area contributed by atoms with Gasteiger partial charge in [-0.05, 0) is 23.6 Å². The van der Waals surface area contributed by atoms with Gasteiger partial charge < -0.3 is 4.57 Å². The van der Waals surface area contributed by atoms with Crippen molar-refractivity contribution in [1.29, 1.82) is 0 Å². The van der Waals surface area contributed by atoms with Crippen molar-refractivity contribution in [3.05, 3.63) is 89.5 Å². The minimum absolute atomic E-state index is 0.877. The van der Waals surface area contributed by atoms with E-state index in [1.165, 1.54) is 16.7 Å². The molecule has 0 amide bonds. The standard InChI is InChI=1S/C18H18N2/c1-15-7-5-6-10-17(15)11-18-13-20(14-19-18)12-16-8-3-2-4-9-16/h2-10,13-14H,11-12H2,1H3. The Bertz CT molecular complexity index is 683. The fourth-order valence-electron chi connectivity index (χ4n) is 2.38. The second kappa shape index (κ2) is 5.74. The minimum Gasteiger partial charge on any atom is -0.333 e. The van der Waals surface area contributed by atoms with Gasteiger partial charge in [0.05, 0.1) is 12.0 Å². The molecule has 2 aromatic carbocycles. The molecule has 0 aliphatic rings. The van der Waals surface area contributed by atoms with Crippen molar-refractivity contribution in [2.45, 2.75) is 19.9 Å². The maximum atomic E-state index is 4.51. The lowest BCUT2D eigenvalue weighted by atomic mass is 10.0. The van der Waals surface area contributed by atoms with Crippen LogP contribution < -0.4 is 0 Å². The lowest BCUT2D eigenvalue weighted by Crippen LogP contribution is -1.96. The van der Waals surface area contributed by atoms with Crippen LogP contribution in [-0.2, 0) is 13.0 Å². The SMILES string of the molecule is Cc1ccccc1Cc1cn(Cc2ccccc2)cn1. The van der Waals surface area contributed by atoms with Crippen molar-refractivity contribution in [3.8, 4) is 0 Å². The maximum Gasteiger partial charge on any atom is 0.0952 e. The van der Waals surface area contributed by atoms with Crippen LogP contribution in [0.25, 0.3) is 0 Å². The molecule has 20 heavy (non-hydrogen) atoms. The Balaban J connectivity index is 1.73. The predicted molar refractivity (Wildman–Crippen MR) is 81.8 cm³/mol. The summed E-state index contributed by atoms with van der Waals surface area (Å²) in [6.45, 7) is 3.03. The number of aromatic nitrogens is 2. The molecular weight excluding hydrogens is 244 g/mol. The molecule has 0 aliphatic carbocycles. The van der Waals surface area contributed by atoms with Crippen LogP contribution >= 0.6 is 0 Å². The topological polar surface area (TPSA) is 17.8 Å². The van der Waals surface area contributed by atoms with Gasteiger partial charge in [0.15, 0.2) is 0 Å². The first-order valence-electron chi connectivity index (χ1n) is 6.90. The van der Waals surface area contributed by atoms with Crippen molar-refractivity contribution in [2.24, 2.45) is 0 Å². The molecule has 0 unspecified atom stereocenters. The molecule has 0 N–H and O–H groups in total. The van der Waals surface area contributed by atoms with Crippen LogP contribution in [0.2, 0.25) is 0 Å². The highest BCUT2D eigenvalue weighted by molar-refractivity contribution is 5.29. The Kier molecular flexibility index (Phi) is 3.64. The second-order valence-corrected chi connectivity index (χ2v) is 5.13. The molecule has 2 heteroatoms. The Morgan fingerprint density at radius 3 is 2.50 bits per heavy atom. The number of aryl methyl sites for hydroxylation is 1. The van der Waals surface area contributed by atoms with Gasteiger partial charge in [-0.2, -0.15) is 0 Å². The van der Waals surface area contributed by atoms with Crippen molar-refractivity contribution >= 4 is 0 Å². The van der Waals surface area contributed by atoms with Crippen LogP contribution in [0.4, 0.5) is 0 Å². The highest BCUT2D eigenvalue weighted by atomic mass is 15.0. The monoisotopic (exact) mass is 262 g/mol. The summed E-state index contributed by atoms with van der Waals surface area (Å²) in [5.74, 6) is 0. The van der Waals surface area contributed by atoms with E-state index >= 15 is 0 Å². The van der Waals surface area contributed by atoms with E-state index in [1.807, 2.05) is 12.4 Å². The van der Waals surface area contributed by atoms with Gasteiger partial charge in [-0.3, -0.25) is 0 Å². The Labute approximate surface area is 119 Å². The molecule has 0 saturated carbocycles. The van der Waals surface area contributed by atoms with Crippen molar-refractivity contribution in [2.75, 3.05) is 0 Å². The zero-order valence-corrected chi connectivity index (χ0v) is 11.7. The largest absolute Gasteiger partial charge is 0.333 e. The van der Waals surface area contributed by atoms with E-state index in [4.69, 9.17) is 0 Å². The van der Waals surface area contributed by atoms with E-state index in [-0.39, 0.29) is 0 Å². The molecule has 3 aromatic rings. The number of benzene rings is 2. The van der Waals surface area contributed by atoms with Crippen LogP contribution in [0.15, 0.2) is 67.1 Å². The summed E-state index contributed by atoms with van der Waals surface area (Å²) >= 11 is 0. The molecule has 0 bridgehead atoms. The van der Waals surface area contributed by atoms with Crippen LogP contribution in [-0.4, -0.2) is 9.55 Å². The van der Waals surface area contributed by atoms with E-state index in [0.29, 0.717) is 0 Å². The number of rotatable bonds is 4. The lowest BCUT2D eigenvalue weighted by Gasteiger charge is -2.03. The summed E-state index contributed by atoms with van der Waals surface area (Å²) in [4.78, 5) is 4.51. The highest BCUT2D eigenvalue weighted by Gasteiger charge is 2.03. The molecule has 0 aliphatic heterocycles. The fourth-order valence-corrected chi connectivity index (χ4v) is 2.38. The lowest BCUT2D eigenvalue weighted by molar-refractivity contribution is 0.796. The quantitative estimate of drug-likeness (QED) is 0.698. The average Bonchev–Trinajstić information content (AvgIpc) is 2.90. The number of imidazole rings is 1. The first-order valence-corrected chi connectivity index (χ1v) is 6.90. The zero-order valence-electron chi connectivity index (χ0n) is 11.7. The van der Waals surface area contributed by atoms with Crippen molar-refractivity contribution in [1.82, 2.24) is 9.55 Å². The van der Waals surface area contributed by atoms with Crippen molar-refractivity contribution < 1.29 is 0 Å². The Morgan fingerprint density at radius 2 is 1.70 bits per heavy atom. The first-order chi connectivity index (χ1) is 9.81. The van der Waals surface area contributed by atoms with Gasteiger partial charge in [-0.25, -0.2) is 4.98 Å². The minimum atomic E-state index is 0.877. The number of hydrogen-bond acceptors (Lipinski definition) is 1. The molecule has 0 radical (unpaired) electrons. The van der Waals surface area contributed by atoms with E-state index in [9.17, 15) is 0 Å². The van der Waals surface area contributed by atoms with E-state index in [1.54, 1.807) is 0 Å².